The van der Waals surface area contributed by atoms with Crippen molar-refractivity contribution in [2.75, 3.05) is 24.7 Å². The van der Waals surface area contributed by atoms with Crippen molar-refractivity contribution in [1.29, 1.82) is 0 Å². The molecule has 0 aliphatic heterocycles. The van der Waals surface area contributed by atoms with Gasteiger partial charge in [-0.15, -0.1) is 0 Å². The summed E-state index contributed by atoms with van der Waals surface area (Å²) in [7, 11) is 3.62. The summed E-state index contributed by atoms with van der Waals surface area (Å²) in [6.45, 7) is 0. The van der Waals surface area contributed by atoms with Crippen LogP contribution in [0, 0.1) is 0 Å². The summed E-state index contributed by atoms with van der Waals surface area (Å²) in [4.78, 5) is 24.1. The molecule has 2 N–H and O–H groups in total. The van der Waals surface area contributed by atoms with E-state index in [1.807, 2.05) is 74.8 Å². The summed E-state index contributed by atoms with van der Waals surface area (Å²) in [6, 6.07) is 19.6. The number of carbonyl (C=O) groups excluding carboxylic acids is 1. The van der Waals surface area contributed by atoms with Gasteiger partial charge in [0.1, 0.15) is 9.75 Å². The summed E-state index contributed by atoms with van der Waals surface area (Å²) in [6.07, 6.45) is 0. The molecule has 140 valence electrons. The van der Waals surface area contributed by atoms with Gasteiger partial charge < -0.3 is 10.6 Å². The molecule has 0 aliphatic rings. The van der Waals surface area contributed by atoms with Crippen molar-refractivity contribution in [2.45, 2.75) is 0 Å². The summed E-state index contributed by atoms with van der Waals surface area (Å²) in [5, 5.41) is 7.53. The fourth-order valence-electron chi connectivity index (χ4n) is 2.85. The predicted octanol–water partition coefficient (Wildman–Crippen LogP) is 5.25. The van der Waals surface area contributed by atoms with Gasteiger partial charge in [0.15, 0.2) is 10.3 Å². The Kier molecular flexibility index (Phi) is 5.18. The van der Waals surface area contributed by atoms with Crippen molar-refractivity contribution in [3.63, 3.8) is 0 Å². The third kappa shape index (κ3) is 3.42. The van der Waals surface area contributed by atoms with Crippen LogP contribution in [0.4, 0.5) is 10.3 Å². The predicted molar refractivity (Wildman–Crippen MR) is 118 cm³/mol. The first-order valence-corrected chi connectivity index (χ1v) is 10.4. The second-order valence-corrected chi connectivity index (χ2v) is 7.95. The number of anilines is 2. The Bertz CT molecular complexity index is 1020. The lowest BCUT2D eigenvalue weighted by Crippen LogP contribution is -2.00. The van der Waals surface area contributed by atoms with Crippen LogP contribution in [0.3, 0.4) is 0 Å². The second-order valence-electron chi connectivity index (χ2n) is 5.95. The van der Waals surface area contributed by atoms with E-state index in [9.17, 15) is 4.79 Å². The molecule has 7 heteroatoms. The number of carbonyl (C=O) groups is 1. The first kappa shape index (κ1) is 18.3. The van der Waals surface area contributed by atoms with E-state index >= 15 is 0 Å². The largest absolute Gasteiger partial charge is 0.365 e. The number of nitrogens with one attached hydrogen (secondary N) is 2. The maximum atomic E-state index is 13.6. The molecule has 0 spiro atoms. The summed E-state index contributed by atoms with van der Waals surface area (Å²) in [5.74, 6) is -0.0595. The highest BCUT2D eigenvalue weighted by atomic mass is 32.1. The Balaban J connectivity index is 1.85. The van der Waals surface area contributed by atoms with Gasteiger partial charge in [0.05, 0.1) is 11.4 Å². The zero-order valence-corrected chi connectivity index (χ0v) is 17.0. The van der Waals surface area contributed by atoms with Crippen molar-refractivity contribution < 1.29 is 4.79 Å². The van der Waals surface area contributed by atoms with E-state index in [4.69, 9.17) is 0 Å². The standard InChI is InChI=1S/C21H18N4OS2/c1-22-20-24-15(13-9-5-3-6-10-13)18(27-20)17(26)19-16(25-21(23-2)28-19)14-11-7-4-8-12-14/h3-12H,1-2H3,(H,22,24)(H,23,25). The normalized spacial score (nSPS) is 10.6. The minimum atomic E-state index is -0.0595. The average Bonchev–Trinajstić information content (AvgIpc) is 3.39. The highest BCUT2D eigenvalue weighted by molar-refractivity contribution is 7.21. The summed E-state index contributed by atoms with van der Waals surface area (Å²) < 4.78 is 0. The molecule has 0 amide bonds. The maximum Gasteiger partial charge on any atom is 0.217 e. The van der Waals surface area contributed by atoms with E-state index in [1.54, 1.807) is 0 Å². The Hall–Kier alpha value is -3.03. The molecule has 2 aromatic heterocycles. The lowest BCUT2D eigenvalue weighted by molar-refractivity contribution is 0.104. The molecule has 2 aromatic carbocycles. The van der Waals surface area contributed by atoms with Crippen LogP contribution >= 0.6 is 22.7 Å². The molecule has 0 saturated heterocycles. The Morgan fingerprint density at radius 2 is 1.11 bits per heavy atom. The Morgan fingerprint density at radius 3 is 1.46 bits per heavy atom. The molecule has 0 atom stereocenters. The molecule has 0 fully saturated rings. The Labute approximate surface area is 171 Å². The number of rotatable bonds is 6. The minimum absolute atomic E-state index is 0.0595. The van der Waals surface area contributed by atoms with Crippen LogP contribution in [0.2, 0.25) is 0 Å². The molecule has 4 aromatic rings. The van der Waals surface area contributed by atoms with Gasteiger partial charge in [-0.2, -0.15) is 0 Å². The molecule has 4 rings (SSSR count). The van der Waals surface area contributed by atoms with Gasteiger partial charge in [-0.25, -0.2) is 9.97 Å². The fraction of sp³-hybridized carbons (Fsp3) is 0.0952. The summed E-state index contributed by atoms with van der Waals surface area (Å²) in [5.41, 5.74) is 3.23. The van der Waals surface area contributed by atoms with Gasteiger partial charge in [0, 0.05) is 25.2 Å². The molecule has 0 saturated carbocycles. The van der Waals surface area contributed by atoms with Gasteiger partial charge >= 0.3 is 0 Å². The molecule has 0 aliphatic carbocycles. The fourth-order valence-corrected chi connectivity index (χ4v) is 4.69. The highest BCUT2D eigenvalue weighted by Crippen LogP contribution is 2.38. The van der Waals surface area contributed by atoms with Gasteiger partial charge in [-0.3, -0.25) is 4.79 Å². The SMILES string of the molecule is CNc1nc(-c2ccccc2)c(C(=O)c2sc(NC)nc2-c2ccccc2)s1. The molecule has 5 nitrogen and oxygen atoms in total. The molecule has 0 radical (unpaired) electrons. The molecule has 0 unspecified atom stereocenters. The van der Waals surface area contributed by atoms with E-state index < -0.39 is 0 Å². The van der Waals surface area contributed by atoms with E-state index in [-0.39, 0.29) is 5.78 Å². The average molecular weight is 407 g/mol. The molecule has 28 heavy (non-hydrogen) atoms. The van der Waals surface area contributed by atoms with Crippen LogP contribution in [0.1, 0.15) is 14.5 Å². The van der Waals surface area contributed by atoms with E-state index in [2.05, 4.69) is 20.6 Å². The van der Waals surface area contributed by atoms with Crippen LogP contribution < -0.4 is 10.6 Å². The Morgan fingerprint density at radius 1 is 0.714 bits per heavy atom. The number of hydrogen-bond acceptors (Lipinski definition) is 7. The van der Waals surface area contributed by atoms with E-state index in [1.165, 1.54) is 22.7 Å². The van der Waals surface area contributed by atoms with Crippen molar-refractivity contribution >= 4 is 38.7 Å². The second kappa shape index (κ2) is 7.92. The summed E-state index contributed by atoms with van der Waals surface area (Å²) >= 11 is 2.73. The number of hydrogen-bond donors (Lipinski definition) is 2. The maximum absolute atomic E-state index is 13.6. The van der Waals surface area contributed by atoms with Gasteiger partial charge in [0.25, 0.3) is 0 Å². The van der Waals surface area contributed by atoms with E-state index in [0.717, 1.165) is 11.1 Å². The third-order valence-corrected chi connectivity index (χ3v) is 6.33. The number of benzene rings is 2. The zero-order chi connectivity index (χ0) is 19.5. The van der Waals surface area contributed by atoms with Gasteiger partial charge in [-0.1, -0.05) is 83.3 Å². The van der Waals surface area contributed by atoms with Crippen LogP contribution in [0.5, 0.6) is 0 Å². The van der Waals surface area contributed by atoms with Gasteiger partial charge in [0.2, 0.25) is 5.78 Å². The first-order chi connectivity index (χ1) is 13.7. The number of thiazole rings is 2. The van der Waals surface area contributed by atoms with Crippen LogP contribution in [-0.4, -0.2) is 29.8 Å². The molecule has 0 bridgehead atoms. The van der Waals surface area contributed by atoms with Crippen molar-refractivity contribution in [1.82, 2.24) is 9.97 Å². The van der Waals surface area contributed by atoms with Crippen LogP contribution in [0.25, 0.3) is 22.5 Å². The highest BCUT2D eigenvalue weighted by Gasteiger charge is 2.26. The zero-order valence-electron chi connectivity index (χ0n) is 15.4. The van der Waals surface area contributed by atoms with Crippen LogP contribution in [0.15, 0.2) is 60.7 Å². The monoisotopic (exact) mass is 406 g/mol. The molecule has 2 heterocycles. The topological polar surface area (TPSA) is 66.9 Å². The minimum Gasteiger partial charge on any atom is -0.365 e. The quantitative estimate of drug-likeness (QED) is 0.428. The molecular weight excluding hydrogens is 388 g/mol. The third-order valence-electron chi connectivity index (χ3n) is 4.19. The lowest BCUT2D eigenvalue weighted by Gasteiger charge is -2.03. The van der Waals surface area contributed by atoms with E-state index in [0.29, 0.717) is 31.4 Å². The van der Waals surface area contributed by atoms with Crippen molar-refractivity contribution in [3.8, 4) is 22.5 Å². The van der Waals surface area contributed by atoms with Gasteiger partial charge in [-0.05, 0) is 0 Å². The van der Waals surface area contributed by atoms with Crippen LogP contribution in [-0.2, 0) is 0 Å². The first-order valence-electron chi connectivity index (χ1n) is 8.74. The number of ketones is 1. The molecular formula is C21H18N4OS2. The lowest BCUT2D eigenvalue weighted by atomic mass is 10.1. The number of nitrogens with zero attached hydrogens (tertiary/aromatic N) is 2. The smallest absolute Gasteiger partial charge is 0.217 e. The van der Waals surface area contributed by atoms with Crippen molar-refractivity contribution in [2.24, 2.45) is 0 Å². The van der Waals surface area contributed by atoms with Crippen molar-refractivity contribution in [3.05, 3.63) is 70.4 Å². The number of aromatic nitrogens is 2.